The first kappa shape index (κ1) is 22.7. The second-order valence-corrected chi connectivity index (χ2v) is 8.92. The molecule has 0 saturated heterocycles. The lowest BCUT2D eigenvalue weighted by atomic mass is 9.97. The molecule has 0 saturated carbocycles. The van der Waals surface area contributed by atoms with Gasteiger partial charge in [-0.3, -0.25) is 14.8 Å². The lowest BCUT2D eigenvalue weighted by Gasteiger charge is -2.11. The molecule has 5 rings (SSSR count). The summed E-state index contributed by atoms with van der Waals surface area (Å²) in [6.45, 7) is 3.55. The van der Waals surface area contributed by atoms with E-state index in [9.17, 15) is 4.79 Å². The Kier molecular flexibility index (Phi) is 6.25. The first-order valence-electron chi connectivity index (χ1n) is 11.7. The molecule has 0 unspecified atom stereocenters. The summed E-state index contributed by atoms with van der Waals surface area (Å²) in [6.07, 6.45) is 4.63. The SMILES string of the molecule is Cc1cccc(-c2nn3ccccc3c2-c2ccnc3cc(C(=O)NCCCN(C)C)ccc23)n1. The molecular formula is C28H28N6O. The van der Waals surface area contributed by atoms with E-state index in [2.05, 4.69) is 21.3 Å². The molecule has 1 aromatic carbocycles. The molecule has 0 spiro atoms. The van der Waals surface area contributed by atoms with E-state index in [1.807, 2.05) is 86.3 Å². The smallest absolute Gasteiger partial charge is 0.251 e. The van der Waals surface area contributed by atoms with E-state index in [-0.39, 0.29) is 5.91 Å². The van der Waals surface area contributed by atoms with Crippen LogP contribution in [0.15, 0.2) is 73.1 Å². The molecule has 4 heterocycles. The number of rotatable bonds is 7. The highest BCUT2D eigenvalue weighted by atomic mass is 16.1. The maximum absolute atomic E-state index is 12.7. The van der Waals surface area contributed by atoms with Crippen LogP contribution >= 0.6 is 0 Å². The van der Waals surface area contributed by atoms with E-state index < -0.39 is 0 Å². The average molecular weight is 465 g/mol. The van der Waals surface area contributed by atoms with Gasteiger partial charge in [0.1, 0.15) is 5.69 Å². The van der Waals surface area contributed by atoms with Gasteiger partial charge in [0.15, 0.2) is 0 Å². The molecule has 0 atom stereocenters. The van der Waals surface area contributed by atoms with Crippen LogP contribution in [0.2, 0.25) is 0 Å². The minimum absolute atomic E-state index is 0.0847. The van der Waals surface area contributed by atoms with Crippen molar-refractivity contribution in [2.45, 2.75) is 13.3 Å². The monoisotopic (exact) mass is 464 g/mol. The number of nitrogens with zero attached hydrogens (tertiary/aromatic N) is 5. The number of hydrogen-bond acceptors (Lipinski definition) is 5. The van der Waals surface area contributed by atoms with Crippen LogP contribution in [-0.4, -0.2) is 57.6 Å². The maximum atomic E-state index is 12.7. The van der Waals surface area contributed by atoms with Crippen LogP contribution in [-0.2, 0) is 0 Å². The molecule has 1 amide bonds. The predicted molar refractivity (Wildman–Crippen MR) is 139 cm³/mol. The van der Waals surface area contributed by atoms with Gasteiger partial charge in [-0.15, -0.1) is 0 Å². The van der Waals surface area contributed by atoms with Gasteiger partial charge in [-0.25, -0.2) is 4.52 Å². The lowest BCUT2D eigenvalue weighted by molar-refractivity contribution is 0.0952. The highest BCUT2D eigenvalue weighted by Crippen LogP contribution is 2.37. The van der Waals surface area contributed by atoms with Crippen molar-refractivity contribution in [2.24, 2.45) is 0 Å². The van der Waals surface area contributed by atoms with E-state index in [0.717, 1.165) is 57.6 Å². The Bertz CT molecular complexity index is 1520. The van der Waals surface area contributed by atoms with Crippen molar-refractivity contribution in [3.63, 3.8) is 0 Å². The van der Waals surface area contributed by atoms with Crippen LogP contribution in [0.25, 0.3) is 38.9 Å². The Balaban J connectivity index is 1.57. The number of carbonyl (C=O) groups excluding carboxylic acids is 1. The number of amides is 1. The van der Waals surface area contributed by atoms with Crippen molar-refractivity contribution in [1.29, 1.82) is 0 Å². The summed E-state index contributed by atoms with van der Waals surface area (Å²) in [7, 11) is 4.05. The van der Waals surface area contributed by atoms with Gasteiger partial charge in [0, 0.05) is 41.1 Å². The van der Waals surface area contributed by atoms with Gasteiger partial charge in [-0.1, -0.05) is 18.2 Å². The van der Waals surface area contributed by atoms with Crippen molar-refractivity contribution in [3.05, 3.63) is 84.3 Å². The molecule has 0 aliphatic heterocycles. The van der Waals surface area contributed by atoms with Crippen LogP contribution in [0.1, 0.15) is 22.5 Å². The predicted octanol–water partition coefficient (Wildman–Crippen LogP) is 4.60. The number of aromatic nitrogens is 4. The minimum atomic E-state index is -0.0847. The van der Waals surface area contributed by atoms with Gasteiger partial charge >= 0.3 is 0 Å². The number of hydrogen-bond donors (Lipinski definition) is 1. The molecule has 0 aliphatic carbocycles. The van der Waals surface area contributed by atoms with Crippen LogP contribution in [0.4, 0.5) is 0 Å². The largest absolute Gasteiger partial charge is 0.352 e. The van der Waals surface area contributed by atoms with Gasteiger partial charge in [-0.05, 0) is 82.0 Å². The van der Waals surface area contributed by atoms with Crippen LogP contribution in [0.3, 0.4) is 0 Å². The van der Waals surface area contributed by atoms with Gasteiger partial charge in [0.05, 0.1) is 16.7 Å². The third kappa shape index (κ3) is 4.63. The quantitative estimate of drug-likeness (QED) is 0.356. The molecule has 0 bridgehead atoms. The lowest BCUT2D eigenvalue weighted by Crippen LogP contribution is -2.27. The third-order valence-corrected chi connectivity index (χ3v) is 6.01. The summed E-state index contributed by atoms with van der Waals surface area (Å²) in [5.74, 6) is -0.0847. The third-order valence-electron chi connectivity index (χ3n) is 6.01. The molecule has 35 heavy (non-hydrogen) atoms. The fraction of sp³-hybridized carbons (Fsp3) is 0.214. The fourth-order valence-electron chi connectivity index (χ4n) is 4.33. The van der Waals surface area contributed by atoms with E-state index in [4.69, 9.17) is 10.1 Å². The minimum Gasteiger partial charge on any atom is -0.352 e. The second-order valence-electron chi connectivity index (χ2n) is 8.92. The summed E-state index contributed by atoms with van der Waals surface area (Å²) in [4.78, 5) is 24.1. The first-order chi connectivity index (χ1) is 17.0. The van der Waals surface area contributed by atoms with Crippen LogP contribution in [0.5, 0.6) is 0 Å². The maximum Gasteiger partial charge on any atom is 0.251 e. The topological polar surface area (TPSA) is 75.4 Å². The molecule has 1 N–H and O–H groups in total. The number of aryl methyl sites for hydroxylation is 1. The Hall–Kier alpha value is -4.10. The zero-order valence-corrected chi connectivity index (χ0v) is 20.2. The summed E-state index contributed by atoms with van der Waals surface area (Å²) >= 11 is 0. The van der Waals surface area contributed by atoms with Gasteiger partial charge in [0.25, 0.3) is 5.91 Å². The number of fused-ring (bicyclic) bond motifs is 2. The number of carbonyl (C=O) groups is 1. The van der Waals surface area contributed by atoms with E-state index in [1.165, 1.54) is 0 Å². The van der Waals surface area contributed by atoms with Crippen molar-refractivity contribution < 1.29 is 4.79 Å². The second kappa shape index (κ2) is 9.64. The van der Waals surface area contributed by atoms with Gasteiger partial charge in [-0.2, -0.15) is 5.10 Å². The number of benzene rings is 1. The molecular weight excluding hydrogens is 436 g/mol. The summed E-state index contributed by atoms with van der Waals surface area (Å²) in [6, 6.07) is 19.7. The molecule has 7 heteroatoms. The Labute approximate surface area is 204 Å². The molecule has 7 nitrogen and oxygen atoms in total. The molecule has 0 radical (unpaired) electrons. The Morgan fingerprint density at radius 2 is 1.94 bits per heavy atom. The standard InChI is InChI=1S/C28H28N6O/c1-19-8-6-9-23(31-19)27-26(25-10-4-5-17-34(25)32-27)22-13-15-29-24-18-20(11-12-21(22)24)28(35)30-14-7-16-33(2)3/h4-6,8-13,15,17-18H,7,14,16H2,1-3H3,(H,30,35). The molecule has 5 aromatic rings. The molecule has 0 fully saturated rings. The highest BCUT2D eigenvalue weighted by Gasteiger charge is 2.20. The molecule has 176 valence electrons. The average Bonchev–Trinajstić information content (AvgIpc) is 3.25. The Morgan fingerprint density at radius 3 is 2.77 bits per heavy atom. The van der Waals surface area contributed by atoms with Crippen molar-refractivity contribution >= 4 is 22.3 Å². The Morgan fingerprint density at radius 1 is 1.06 bits per heavy atom. The van der Waals surface area contributed by atoms with Crippen LogP contribution in [0, 0.1) is 6.92 Å². The number of nitrogens with one attached hydrogen (secondary N) is 1. The molecule has 0 aliphatic rings. The van der Waals surface area contributed by atoms with Gasteiger partial charge in [0.2, 0.25) is 0 Å². The van der Waals surface area contributed by atoms with Gasteiger partial charge < -0.3 is 10.2 Å². The van der Waals surface area contributed by atoms with E-state index >= 15 is 0 Å². The zero-order valence-electron chi connectivity index (χ0n) is 20.2. The van der Waals surface area contributed by atoms with Crippen molar-refractivity contribution in [1.82, 2.24) is 29.8 Å². The summed E-state index contributed by atoms with van der Waals surface area (Å²) in [5, 5.41) is 8.84. The number of pyridine rings is 3. The summed E-state index contributed by atoms with van der Waals surface area (Å²) < 4.78 is 1.89. The van der Waals surface area contributed by atoms with E-state index in [1.54, 1.807) is 6.20 Å². The fourth-order valence-corrected chi connectivity index (χ4v) is 4.33. The van der Waals surface area contributed by atoms with E-state index in [0.29, 0.717) is 12.1 Å². The highest BCUT2D eigenvalue weighted by molar-refractivity contribution is 6.05. The normalized spacial score (nSPS) is 11.4. The zero-order chi connectivity index (χ0) is 24.4. The molecule has 4 aromatic heterocycles. The van der Waals surface area contributed by atoms with Crippen molar-refractivity contribution in [3.8, 4) is 22.5 Å². The first-order valence-corrected chi connectivity index (χ1v) is 11.7. The van der Waals surface area contributed by atoms with Crippen molar-refractivity contribution in [2.75, 3.05) is 27.2 Å². The van der Waals surface area contributed by atoms with Crippen LogP contribution < -0.4 is 5.32 Å². The summed E-state index contributed by atoms with van der Waals surface area (Å²) in [5.41, 5.74) is 6.93.